The number of nitrogens with one attached hydrogen (secondary N) is 1. The minimum Gasteiger partial charge on any atom is -0.486 e. The zero-order valence-corrected chi connectivity index (χ0v) is 12.5. The van der Waals surface area contributed by atoms with E-state index in [0.29, 0.717) is 31.0 Å². The molecule has 0 radical (unpaired) electrons. The Kier molecular flexibility index (Phi) is 4.26. The lowest BCUT2D eigenvalue weighted by Gasteiger charge is -2.15. The molecule has 0 saturated carbocycles. The maximum atomic E-state index is 11.9. The SMILES string of the molecule is CSc1ccc(OCc2nc3c(c(=O)[nH]2)COCC3)cc1. The number of rotatable bonds is 4. The van der Waals surface area contributed by atoms with E-state index in [-0.39, 0.29) is 12.2 Å². The molecule has 1 N–H and O–H groups in total. The van der Waals surface area contributed by atoms with Gasteiger partial charge in [-0.25, -0.2) is 4.98 Å². The van der Waals surface area contributed by atoms with Gasteiger partial charge >= 0.3 is 0 Å². The van der Waals surface area contributed by atoms with Crippen LogP contribution in [-0.4, -0.2) is 22.8 Å². The molecule has 2 heterocycles. The number of fused-ring (bicyclic) bond motifs is 1. The molecular formula is C15H16N2O3S. The maximum absolute atomic E-state index is 11.9. The predicted octanol–water partition coefficient (Wildman–Crippen LogP) is 2.14. The average molecular weight is 304 g/mol. The van der Waals surface area contributed by atoms with Crippen molar-refractivity contribution in [2.45, 2.75) is 24.5 Å². The van der Waals surface area contributed by atoms with Gasteiger partial charge in [-0.15, -0.1) is 11.8 Å². The lowest BCUT2D eigenvalue weighted by Crippen LogP contribution is -2.25. The number of ether oxygens (including phenoxy) is 2. The third-order valence-electron chi connectivity index (χ3n) is 3.31. The number of benzene rings is 1. The van der Waals surface area contributed by atoms with Crippen LogP contribution in [0.15, 0.2) is 34.0 Å². The first-order valence-corrected chi connectivity index (χ1v) is 7.94. The van der Waals surface area contributed by atoms with Gasteiger partial charge in [0.25, 0.3) is 5.56 Å². The van der Waals surface area contributed by atoms with E-state index in [2.05, 4.69) is 9.97 Å². The molecule has 1 aliphatic rings. The molecule has 0 unspecified atom stereocenters. The summed E-state index contributed by atoms with van der Waals surface area (Å²) < 4.78 is 10.9. The van der Waals surface area contributed by atoms with Gasteiger partial charge in [-0.1, -0.05) is 0 Å². The van der Waals surface area contributed by atoms with Crippen molar-refractivity contribution in [3.05, 3.63) is 51.7 Å². The van der Waals surface area contributed by atoms with Crippen molar-refractivity contribution >= 4 is 11.8 Å². The van der Waals surface area contributed by atoms with Crippen LogP contribution >= 0.6 is 11.8 Å². The summed E-state index contributed by atoms with van der Waals surface area (Å²) in [5.41, 5.74) is 1.33. The maximum Gasteiger partial charge on any atom is 0.256 e. The summed E-state index contributed by atoms with van der Waals surface area (Å²) in [5.74, 6) is 1.31. The van der Waals surface area contributed by atoms with Gasteiger partial charge in [-0.05, 0) is 30.5 Å². The first kappa shape index (κ1) is 14.2. The van der Waals surface area contributed by atoms with E-state index >= 15 is 0 Å². The predicted molar refractivity (Wildman–Crippen MR) is 80.8 cm³/mol. The van der Waals surface area contributed by atoms with E-state index in [1.807, 2.05) is 30.5 Å². The summed E-state index contributed by atoms with van der Waals surface area (Å²) in [6.45, 7) is 1.21. The molecule has 110 valence electrons. The zero-order chi connectivity index (χ0) is 14.7. The molecular weight excluding hydrogens is 288 g/mol. The number of hydrogen-bond acceptors (Lipinski definition) is 5. The standard InChI is InChI=1S/C15H16N2O3S/c1-21-11-4-2-10(3-5-11)20-9-14-16-13-6-7-19-8-12(13)15(18)17-14/h2-5H,6-9H2,1H3,(H,16,17,18). The number of H-pyrrole nitrogens is 1. The van der Waals surface area contributed by atoms with E-state index in [4.69, 9.17) is 9.47 Å². The van der Waals surface area contributed by atoms with Crippen molar-refractivity contribution < 1.29 is 9.47 Å². The molecule has 0 saturated heterocycles. The molecule has 6 heteroatoms. The number of thioether (sulfide) groups is 1. The summed E-state index contributed by atoms with van der Waals surface area (Å²) in [4.78, 5) is 20.3. The third kappa shape index (κ3) is 3.28. The topological polar surface area (TPSA) is 64.2 Å². The first-order valence-electron chi connectivity index (χ1n) is 6.72. The largest absolute Gasteiger partial charge is 0.486 e. The van der Waals surface area contributed by atoms with Crippen molar-refractivity contribution in [2.75, 3.05) is 12.9 Å². The Morgan fingerprint density at radius 2 is 2.19 bits per heavy atom. The molecule has 3 rings (SSSR count). The second-order valence-corrected chi connectivity index (χ2v) is 5.58. The molecule has 2 aromatic rings. The van der Waals surface area contributed by atoms with Crippen molar-refractivity contribution in [2.24, 2.45) is 0 Å². The molecule has 0 amide bonds. The molecule has 21 heavy (non-hydrogen) atoms. The lowest BCUT2D eigenvalue weighted by molar-refractivity contribution is 0.107. The van der Waals surface area contributed by atoms with Gasteiger partial charge in [0.05, 0.1) is 24.5 Å². The van der Waals surface area contributed by atoms with Crippen LogP contribution in [0, 0.1) is 0 Å². The first-order chi connectivity index (χ1) is 10.3. The van der Waals surface area contributed by atoms with Crippen LogP contribution in [0.25, 0.3) is 0 Å². The highest BCUT2D eigenvalue weighted by atomic mass is 32.2. The molecule has 0 bridgehead atoms. The lowest BCUT2D eigenvalue weighted by atomic mass is 10.1. The van der Waals surface area contributed by atoms with Gasteiger partial charge in [-0.2, -0.15) is 0 Å². The Labute approximate surface area is 126 Å². The van der Waals surface area contributed by atoms with Gasteiger partial charge in [0.1, 0.15) is 18.2 Å². The van der Waals surface area contributed by atoms with Gasteiger partial charge in [-0.3, -0.25) is 4.79 Å². The molecule has 0 aliphatic carbocycles. The minimum absolute atomic E-state index is 0.129. The third-order valence-corrected chi connectivity index (χ3v) is 4.06. The van der Waals surface area contributed by atoms with E-state index in [0.717, 1.165) is 11.4 Å². The van der Waals surface area contributed by atoms with Crippen LogP contribution in [0.2, 0.25) is 0 Å². The summed E-state index contributed by atoms with van der Waals surface area (Å²) in [5, 5.41) is 0. The molecule has 5 nitrogen and oxygen atoms in total. The quantitative estimate of drug-likeness (QED) is 0.877. The van der Waals surface area contributed by atoms with Crippen LogP contribution < -0.4 is 10.3 Å². The van der Waals surface area contributed by atoms with Crippen molar-refractivity contribution in [3.63, 3.8) is 0 Å². The smallest absolute Gasteiger partial charge is 0.256 e. The van der Waals surface area contributed by atoms with E-state index in [9.17, 15) is 4.79 Å². The number of aromatic nitrogens is 2. The Morgan fingerprint density at radius 3 is 2.95 bits per heavy atom. The number of hydrogen-bond donors (Lipinski definition) is 1. The summed E-state index contributed by atoms with van der Waals surface area (Å²) in [7, 11) is 0. The fourth-order valence-corrected chi connectivity index (χ4v) is 2.59. The van der Waals surface area contributed by atoms with E-state index < -0.39 is 0 Å². The molecule has 1 aromatic heterocycles. The van der Waals surface area contributed by atoms with E-state index in [1.165, 1.54) is 4.90 Å². The number of aromatic amines is 1. The molecule has 0 fully saturated rings. The Bertz CT molecular complexity index is 682. The van der Waals surface area contributed by atoms with Gasteiger partial charge in [0.2, 0.25) is 0 Å². The van der Waals surface area contributed by atoms with Crippen LogP contribution in [0.3, 0.4) is 0 Å². The summed E-state index contributed by atoms with van der Waals surface area (Å²) >= 11 is 1.68. The van der Waals surface area contributed by atoms with E-state index in [1.54, 1.807) is 11.8 Å². The highest BCUT2D eigenvalue weighted by Crippen LogP contribution is 2.19. The van der Waals surface area contributed by atoms with Crippen molar-refractivity contribution in [3.8, 4) is 5.75 Å². The molecule has 1 aromatic carbocycles. The number of nitrogens with zero attached hydrogens (tertiary/aromatic N) is 1. The monoisotopic (exact) mass is 304 g/mol. The zero-order valence-electron chi connectivity index (χ0n) is 11.7. The second-order valence-electron chi connectivity index (χ2n) is 4.70. The molecule has 1 aliphatic heterocycles. The van der Waals surface area contributed by atoms with Crippen LogP contribution in [-0.2, 0) is 24.4 Å². The second kappa shape index (κ2) is 6.32. The Balaban J connectivity index is 1.72. The van der Waals surface area contributed by atoms with Gasteiger partial charge < -0.3 is 14.5 Å². The summed E-state index contributed by atoms with van der Waals surface area (Å²) in [6, 6.07) is 7.83. The molecule has 0 atom stereocenters. The Hall–Kier alpha value is -1.79. The average Bonchev–Trinajstić information content (AvgIpc) is 2.53. The molecule has 0 spiro atoms. The highest BCUT2D eigenvalue weighted by Gasteiger charge is 2.16. The van der Waals surface area contributed by atoms with Gasteiger partial charge in [0, 0.05) is 11.3 Å². The van der Waals surface area contributed by atoms with Crippen molar-refractivity contribution in [1.82, 2.24) is 9.97 Å². The van der Waals surface area contributed by atoms with Crippen molar-refractivity contribution in [1.29, 1.82) is 0 Å². The van der Waals surface area contributed by atoms with Gasteiger partial charge in [0.15, 0.2) is 0 Å². The fourth-order valence-electron chi connectivity index (χ4n) is 2.19. The Morgan fingerprint density at radius 1 is 1.38 bits per heavy atom. The fraction of sp³-hybridized carbons (Fsp3) is 0.333. The minimum atomic E-state index is -0.129. The van der Waals surface area contributed by atoms with Crippen LogP contribution in [0.4, 0.5) is 0 Å². The normalized spacial score (nSPS) is 13.8. The summed E-state index contributed by atoms with van der Waals surface area (Å²) in [6.07, 6.45) is 2.70. The van der Waals surface area contributed by atoms with Crippen LogP contribution in [0.1, 0.15) is 17.1 Å². The highest BCUT2D eigenvalue weighted by molar-refractivity contribution is 7.98. The van der Waals surface area contributed by atoms with Crippen LogP contribution in [0.5, 0.6) is 5.75 Å².